The number of hydrogen-bond acceptors (Lipinski definition) is 10. The number of methoxy groups -OCH3 is 2. The Morgan fingerprint density at radius 2 is 1.85 bits per heavy atom. The molecule has 1 aliphatic heterocycles. The first-order chi connectivity index (χ1) is 22.1. The van der Waals surface area contributed by atoms with Crippen LogP contribution >= 0.6 is 22.6 Å². The quantitative estimate of drug-likeness (QED) is 0.0614. The van der Waals surface area contributed by atoms with E-state index >= 15 is 0 Å². The van der Waals surface area contributed by atoms with Crippen molar-refractivity contribution >= 4 is 40.8 Å². The number of hydrogen-bond donors (Lipinski definition) is 4. The molecule has 1 heterocycles. The highest BCUT2D eigenvalue weighted by Gasteiger charge is 2.32. The van der Waals surface area contributed by atoms with Crippen LogP contribution in [-0.4, -0.2) is 57.0 Å². The van der Waals surface area contributed by atoms with Gasteiger partial charge in [0.25, 0.3) is 0 Å². The fourth-order valence-corrected chi connectivity index (χ4v) is 5.29. The summed E-state index contributed by atoms with van der Waals surface area (Å²) in [6.07, 6.45) is 0.338. The maximum Gasteiger partial charge on any atom is 0.337 e. The fraction of sp³-hybridized carbons (Fsp3) is 0.281. The molecule has 0 unspecified atom stereocenters. The average molecular weight is 749 g/mol. The van der Waals surface area contributed by atoms with Crippen LogP contribution in [0.1, 0.15) is 36.6 Å². The molecule has 0 fully saturated rings. The summed E-state index contributed by atoms with van der Waals surface area (Å²) < 4.78 is 41.9. The van der Waals surface area contributed by atoms with Crippen LogP contribution in [0.2, 0.25) is 0 Å². The van der Waals surface area contributed by atoms with Crippen molar-refractivity contribution < 1.29 is 42.8 Å². The molecule has 0 aromatic heterocycles. The molecule has 0 spiro atoms. The van der Waals surface area contributed by atoms with Crippen molar-refractivity contribution in [2.24, 2.45) is 5.10 Å². The standard InChI is InChI=1S/C32H34FIN4O8/c1-5-44-25-14-21(29-28(31(40)43-4)18(2)36-32(41)37-29)8-11-24(25)45-17-27(39)38-35-15-20-12-23(34)30(26(13-20)42-3)46-16-19-6-9-22(33)10-7-19/h6-15,27,29,38-39H,5,16-17H2,1-4H3,(H2,36,37,41)/b35-15-/t27-,29-/m0/s1. The van der Waals surface area contributed by atoms with Crippen LogP contribution < -0.4 is 35.0 Å². The summed E-state index contributed by atoms with van der Waals surface area (Å²) in [6.45, 7) is 3.80. The van der Waals surface area contributed by atoms with Crippen molar-refractivity contribution in [1.29, 1.82) is 0 Å². The lowest BCUT2D eigenvalue weighted by atomic mass is 9.95. The smallest absolute Gasteiger partial charge is 0.337 e. The second-order valence-corrected chi connectivity index (χ2v) is 11.0. The largest absolute Gasteiger partial charge is 0.493 e. The van der Waals surface area contributed by atoms with Gasteiger partial charge in [-0.05, 0) is 89.5 Å². The van der Waals surface area contributed by atoms with E-state index in [1.165, 1.54) is 32.6 Å². The molecule has 3 aromatic carbocycles. The number of amides is 2. The molecule has 4 N–H and O–H groups in total. The van der Waals surface area contributed by atoms with Gasteiger partial charge in [-0.2, -0.15) is 5.10 Å². The van der Waals surface area contributed by atoms with Gasteiger partial charge in [-0.25, -0.2) is 14.0 Å². The van der Waals surface area contributed by atoms with Crippen LogP contribution in [0, 0.1) is 9.39 Å². The molecule has 2 amide bonds. The summed E-state index contributed by atoms with van der Waals surface area (Å²) in [4.78, 5) is 24.6. The first kappa shape index (κ1) is 34.3. The molecule has 4 rings (SSSR count). The molecule has 244 valence electrons. The zero-order chi connectivity index (χ0) is 33.2. The highest BCUT2D eigenvalue weighted by atomic mass is 127. The Balaban J connectivity index is 1.38. The van der Waals surface area contributed by atoms with Crippen molar-refractivity contribution in [2.45, 2.75) is 32.7 Å². The first-order valence-electron chi connectivity index (χ1n) is 14.1. The molecule has 46 heavy (non-hydrogen) atoms. The van der Waals surface area contributed by atoms with E-state index in [1.54, 1.807) is 50.2 Å². The number of nitrogens with one attached hydrogen (secondary N) is 3. The fourth-order valence-electron chi connectivity index (χ4n) is 4.51. The van der Waals surface area contributed by atoms with Gasteiger partial charge >= 0.3 is 12.0 Å². The molecule has 0 saturated carbocycles. The maximum atomic E-state index is 13.2. The second kappa shape index (κ2) is 16.1. The minimum atomic E-state index is -1.18. The number of carbonyl (C=O) groups excluding carboxylic acids is 2. The molecule has 0 radical (unpaired) electrons. The summed E-state index contributed by atoms with van der Waals surface area (Å²) in [7, 11) is 2.79. The van der Waals surface area contributed by atoms with Crippen molar-refractivity contribution in [3.63, 3.8) is 0 Å². The van der Waals surface area contributed by atoms with Crippen LogP contribution in [0.4, 0.5) is 9.18 Å². The molecule has 2 atom stereocenters. The van der Waals surface area contributed by atoms with E-state index in [0.717, 1.165) is 9.13 Å². The Kier molecular flexibility index (Phi) is 12.0. The summed E-state index contributed by atoms with van der Waals surface area (Å²) in [5.74, 6) is 0.823. The average Bonchev–Trinajstić information content (AvgIpc) is 3.03. The SMILES string of the molecule is CCOc1cc([C@@H]2NC(=O)NC(C)=C2C(=O)OC)ccc1OC[C@H](O)N/N=C\c1cc(I)c(OCc2ccc(F)cc2)c(OC)c1. The van der Waals surface area contributed by atoms with Gasteiger partial charge in [0.05, 0.1) is 42.2 Å². The molecule has 1 aliphatic rings. The first-order valence-corrected chi connectivity index (χ1v) is 15.2. The van der Waals surface area contributed by atoms with Gasteiger partial charge in [-0.15, -0.1) is 0 Å². The Labute approximate surface area is 279 Å². The number of hydrazone groups is 1. The highest BCUT2D eigenvalue weighted by Crippen LogP contribution is 2.36. The van der Waals surface area contributed by atoms with Crippen LogP contribution in [0.3, 0.4) is 0 Å². The van der Waals surface area contributed by atoms with Crippen LogP contribution in [0.15, 0.2) is 71.0 Å². The minimum Gasteiger partial charge on any atom is -0.493 e. The zero-order valence-electron chi connectivity index (χ0n) is 25.6. The van der Waals surface area contributed by atoms with E-state index in [9.17, 15) is 19.1 Å². The van der Waals surface area contributed by atoms with Gasteiger partial charge in [0.15, 0.2) is 29.2 Å². The van der Waals surface area contributed by atoms with Crippen LogP contribution in [-0.2, 0) is 16.1 Å². The minimum absolute atomic E-state index is 0.176. The van der Waals surface area contributed by atoms with Gasteiger partial charge in [-0.1, -0.05) is 18.2 Å². The second-order valence-electron chi connectivity index (χ2n) is 9.86. The number of aliphatic hydroxyl groups is 1. The summed E-state index contributed by atoms with van der Waals surface area (Å²) >= 11 is 2.12. The molecule has 14 heteroatoms. The van der Waals surface area contributed by atoms with Crippen molar-refractivity contribution in [2.75, 3.05) is 27.4 Å². The topological polar surface area (TPSA) is 149 Å². The Bertz CT molecular complexity index is 1620. The van der Waals surface area contributed by atoms with Gasteiger partial charge in [-0.3, -0.25) is 5.43 Å². The summed E-state index contributed by atoms with van der Waals surface area (Å²) in [5.41, 5.74) is 5.33. The summed E-state index contributed by atoms with van der Waals surface area (Å²) in [6, 6.07) is 13.4. The van der Waals surface area contributed by atoms with Gasteiger partial charge in [0.2, 0.25) is 0 Å². The number of halogens is 2. The molecule has 0 aliphatic carbocycles. The zero-order valence-corrected chi connectivity index (χ0v) is 27.7. The normalized spacial score (nSPS) is 15.1. The highest BCUT2D eigenvalue weighted by molar-refractivity contribution is 14.1. The number of nitrogens with zero attached hydrogens (tertiary/aromatic N) is 1. The van der Waals surface area contributed by atoms with E-state index < -0.39 is 24.3 Å². The van der Waals surface area contributed by atoms with Crippen molar-refractivity contribution in [1.82, 2.24) is 16.1 Å². The van der Waals surface area contributed by atoms with E-state index in [-0.39, 0.29) is 24.6 Å². The summed E-state index contributed by atoms with van der Waals surface area (Å²) in [5, 5.41) is 19.9. The lowest BCUT2D eigenvalue weighted by Crippen LogP contribution is -2.45. The number of esters is 1. The van der Waals surface area contributed by atoms with E-state index in [0.29, 0.717) is 46.4 Å². The van der Waals surface area contributed by atoms with Crippen molar-refractivity contribution in [3.8, 4) is 23.0 Å². The number of allylic oxidation sites excluding steroid dienone is 1. The third kappa shape index (κ3) is 8.78. The van der Waals surface area contributed by atoms with Gasteiger partial charge < -0.3 is 39.4 Å². The Morgan fingerprint density at radius 1 is 1.09 bits per heavy atom. The maximum absolute atomic E-state index is 13.2. The van der Waals surface area contributed by atoms with E-state index in [2.05, 4.69) is 43.8 Å². The van der Waals surface area contributed by atoms with Crippen molar-refractivity contribution in [3.05, 3.63) is 91.9 Å². The number of rotatable bonds is 14. The number of ether oxygens (including phenoxy) is 5. The van der Waals surface area contributed by atoms with Gasteiger partial charge in [0.1, 0.15) is 19.0 Å². The lowest BCUT2D eigenvalue weighted by molar-refractivity contribution is -0.136. The van der Waals surface area contributed by atoms with E-state index in [4.69, 9.17) is 23.7 Å². The predicted octanol–water partition coefficient (Wildman–Crippen LogP) is 4.54. The Hall–Kier alpha value is -4.57. The third-order valence-corrected chi connectivity index (χ3v) is 7.46. The molecule has 12 nitrogen and oxygen atoms in total. The number of benzene rings is 3. The van der Waals surface area contributed by atoms with E-state index in [1.807, 2.05) is 6.07 Å². The third-order valence-electron chi connectivity index (χ3n) is 6.66. The molecule has 0 bridgehead atoms. The van der Waals surface area contributed by atoms with Crippen LogP contribution in [0.25, 0.3) is 0 Å². The molecular weight excluding hydrogens is 714 g/mol. The van der Waals surface area contributed by atoms with Crippen LogP contribution in [0.5, 0.6) is 23.0 Å². The number of carbonyl (C=O) groups is 2. The Morgan fingerprint density at radius 3 is 2.54 bits per heavy atom. The number of urea groups is 1. The monoisotopic (exact) mass is 748 g/mol. The lowest BCUT2D eigenvalue weighted by Gasteiger charge is -2.28. The number of aliphatic hydroxyl groups excluding tert-OH is 1. The molecule has 3 aromatic rings. The molecular formula is C32H34FIN4O8. The van der Waals surface area contributed by atoms with Gasteiger partial charge in [0, 0.05) is 5.70 Å². The molecule has 0 saturated heterocycles. The predicted molar refractivity (Wildman–Crippen MR) is 175 cm³/mol.